The predicted octanol–water partition coefficient (Wildman–Crippen LogP) is 5.83. The molecule has 2 unspecified atom stereocenters. The molecule has 1 aliphatic heterocycles. The van der Waals surface area contributed by atoms with Crippen molar-refractivity contribution in [1.29, 1.82) is 0 Å². The molecule has 9 nitrogen and oxygen atoms in total. The molecule has 1 saturated heterocycles. The summed E-state index contributed by atoms with van der Waals surface area (Å²) in [5, 5.41) is 53.9. The van der Waals surface area contributed by atoms with E-state index in [-0.39, 0.29) is 12.5 Å². The average Bonchev–Trinajstić information content (AvgIpc) is 3.04. The number of nitrogens with one attached hydrogen (secondary N) is 1. The van der Waals surface area contributed by atoms with Crippen LogP contribution in [0, 0.1) is 0 Å². The van der Waals surface area contributed by atoms with Gasteiger partial charge in [0.1, 0.15) is 24.4 Å². The quantitative estimate of drug-likeness (QED) is 0.0441. The van der Waals surface area contributed by atoms with Gasteiger partial charge in [-0.25, -0.2) is 0 Å². The minimum atomic E-state index is -1.55. The van der Waals surface area contributed by atoms with Crippen LogP contribution in [-0.4, -0.2) is 87.5 Å². The zero-order valence-electron chi connectivity index (χ0n) is 28.6. The van der Waals surface area contributed by atoms with E-state index in [0.717, 1.165) is 44.9 Å². The van der Waals surface area contributed by atoms with Crippen molar-refractivity contribution in [1.82, 2.24) is 5.32 Å². The van der Waals surface area contributed by atoms with Crippen molar-refractivity contribution in [2.45, 2.75) is 198 Å². The Bertz CT molecular complexity index is 721. The van der Waals surface area contributed by atoms with Crippen LogP contribution in [0.5, 0.6) is 0 Å². The molecule has 1 fully saturated rings. The van der Waals surface area contributed by atoms with E-state index < -0.39 is 49.5 Å². The van der Waals surface area contributed by atoms with Gasteiger partial charge in [-0.15, -0.1) is 0 Å². The molecule has 1 heterocycles. The normalized spacial score (nSPS) is 23.4. The van der Waals surface area contributed by atoms with Crippen LogP contribution < -0.4 is 5.32 Å². The maximum absolute atomic E-state index is 12.8. The van der Waals surface area contributed by atoms with Gasteiger partial charge in [0.2, 0.25) is 5.91 Å². The number of aliphatic hydroxyl groups excluding tert-OH is 5. The van der Waals surface area contributed by atoms with Crippen molar-refractivity contribution >= 4 is 5.91 Å². The summed E-state index contributed by atoms with van der Waals surface area (Å²) in [6.07, 6.45) is 20.8. The number of carbonyl (C=O) groups is 1. The lowest BCUT2D eigenvalue weighted by Gasteiger charge is -2.40. The van der Waals surface area contributed by atoms with E-state index in [1.165, 1.54) is 83.5 Å². The van der Waals surface area contributed by atoms with Gasteiger partial charge in [0.05, 0.1) is 25.4 Å². The van der Waals surface area contributed by atoms with E-state index in [0.29, 0.717) is 12.8 Å². The molecule has 266 valence electrons. The maximum atomic E-state index is 12.8. The van der Waals surface area contributed by atoms with Crippen molar-refractivity contribution in [3.05, 3.63) is 12.2 Å². The Morgan fingerprint density at radius 3 is 1.80 bits per heavy atom. The van der Waals surface area contributed by atoms with Crippen LogP contribution >= 0.6 is 0 Å². The lowest BCUT2D eigenvalue weighted by atomic mass is 9.99. The standard InChI is InChI=1S/C36H69NO8/c1-3-5-7-9-11-13-15-17-19-21-23-25-30(39)29(28-44-36-35(43)34(42)33(41)31(27-38)45-36)37-32(40)26-24-22-20-18-16-14-12-10-8-6-4-2/h15,17,29-31,33-36,38-39,41-43H,3-14,16,18-28H2,1-2H3,(H,37,40)/b17-15+/t29-,30+,31+,33+,34?,35?,36+/m0/s1. The van der Waals surface area contributed by atoms with Crippen LogP contribution in [0.15, 0.2) is 12.2 Å². The van der Waals surface area contributed by atoms with Gasteiger partial charge < -0.3 is 40.3 Å². The average molecular weight is 644 g/mol. The van der Waals surface area contributed by atoms with E-state index in [9.17, 15) is 30.3 Å². The molecule has 0 bridgehead atoms. The van der Waals surface area contributed by atoms with Gasteiger partial charge in [-0.05, 0) is 38.5 Å². The number of aliphatic hydroxyl groups is 5. The number of unbranched alkanes of at least 4 members (excludes halogenated alkanes) is 17. The Morgan fingerprint density at radius 1 is 0.733 bits per heavy atom. The second kappa shape index (κ2) is 28.0. The van der Waals surface area contributed by atoms with E-state index in [1.54, 1.807) is 0 Å². The van der Waals surface area contributed by atoms with Crippen molar-refractivity contribution in [2.75, 3.05) is 13.2 Å². The summed E-state index contributed by atoms with van der Waals surface area (Å²) >= 11 is 0. The number of hydrogen-bond acceptors (Lipinski definition) is 8. The summed E-state index contributed by atoms with van der Waals surface area (Å²) in [6.45, 7) is 3.75. The molecule has 7 atom stereocenters. The first-order valence-electron chi connectivity index (χ1n) is 18.4. The highest BCUT2D eigenvalue weighted by atomic mass is 16.7. The van der Waals surface area contributed by atoms with Crippen LogP contribution in [0.1, 0.15) is 155 Å². The highest BCUT2D eigenvalue weighted by Crippen LogP contribution is 2.23. The third-order valence-corrected chi connectivity index (χ3v) is 8.87. The summed E-state index contributed by atoms with van der Waals surface area (Å²) < 4.78 is 11.2. The second-order valence-electron chi connectivity index (χ2n) is 13.0. The van der Waals surface area contributed by atoms with Crippen molar-refractivity contribution in [2.24, 2.45) is 0 Å². The Kier molecular flexibility index (Phi) is 26.1. The topological polar surface area (TPSA) is 149 Å². The molecule has 9 heteroatoms. The molecule has 0 saturated carbocycles. The smallest absolute Gasteiger partial charge is 0.220 e. The van der Waals surface area contributed by atoms with Crippen molar-refractivity contribution < 1.29 is 39.8 Å². The molecule has 0 aliphatic carbocycles. The highest BCUT2D eigenvalue weighted by molar-refractivity contribution is 5.76. The first-order valence-corrected chi connectivity index (χ1v) is 18.4. The van der Waals surface area contributed by atoms with Gasteiger partial charge in [0.25, 0.3) is 0 Å². The van der Waals surface area contributed by atoms with Crippen LogP contribution in [-0.2, 0) is 14.3 Å². The number of allylic oxidation sites excluding steroid dienone is 2. The molecule has 45 heavy (non-hydrogen) atoms. The molecule has 0 radical (unpaired) electrons. The third-order valence-electron chi connectivity index (χ3n) is 8.87. The minimum absolute atomic E-state index is 0.147. The van der Waals surface area contributed by atoms with Gasteiger partial charge >= 0.3 is 0 Å². The summed E-state index contributed by atoms with van der Waals surface area (Å²) in [5.74, 6) is -0.158. The zero-order chi connectivity index (χ0) is 33.1. The Hall–Kier alpha value is -1.07. The first kappa shape index (κ1) is 42.0. The van der Waals surface area contributed by atoms with Gasteiger partial charge in [0.15, 0.2) is 6.29 Å². The van der Waals surface area contributed by atoms with Crippen LogP contribution in [0.25, 0.3) is 0 Å². The molecule has 0 spiro atoms. The Balaban J connectivity index is 2.47. The van der Waals surface area contributed by atoms with E-state index in [1.807, 2.05) is 0 Å². The van der Waals surface area contributed by atoms with Gasteiger partial charge in [-0.3, -0.25) is 4.79 Å². The largest absolute Gasteiger partial charge is 0.394 e. The number of hydrogen-bond donors (Lipinski definition) is 6. The summed E-state index contributed by atoms with van der Waals surface area (Å²) in [6, 6.07) is -0.726. The Morgan fingerprint density at radius 2 is 1.24 bits per heavy atom. The maximum Gasteiger partial charge on any atom is 0.220 e. The zero-order valence-corrected chi connectivity index (χ0v) is 28.6. The van der Waals surface area contributed by atoms with Crippen LogP contribution in [0.2, 0.25) is 0 Å². The van der Waals surface area contributed by atoms with Crippen LogP contribution in [0.3, 0.4) is 0 Å². The van der Waals surface area contributed by atoms with E-state index >= 15 is 0 Å². The monoisotopic (exact) mass is 644 g/mol. The fourth-order valence-corrected chi connectivity index (χ4v) is 5.80. The number of ether oxygens (including phenoxy) is 2. The fraction of sp³-hybridized carbons (Fsp3) is 0.917. The molecule has 1 amide bonds. The number of rotatable bonds is 29. The van der Waals surface area contributed by atoms with Gasteiger partial charge in [0, 0.05) is 6.42 Å². The molecule has 0 aromatic carbocycles. The van der Waals surface area contributed by atoms with Crippen molar-refractivity contribution in [3.8, 4) is 0 Å². The molecule has 1 rings (SSSR count). The fourth-order valence-electron chi connectivity index (χ4n) is 5.80. The number of amides is 1. The second-order valence-corrected chi connectivity index (χ2v) is 13.0. The van der Waals surface area contributed by atoms with Gasteiger partial charge in [-0.1, -0.05) is 122 Å². The number of carbonyl (C=O) groups excluding carboxylic acids is 1. The summed E-state index contributed by atoms with van der Waals surface area (Å²) in [4.78, 5) is 12.8. The Labute approximate surface area is 274 Å². The summed E-state index contributed by atoms with van der Waals surface area (Å²) in [7, 11) is 0. The third kappa shape index (κ3) is 20.0. The summed E-state index contributed by atoms with van der Waals surface area (Å²) in [5.41, 5.74) is 0. The minimum Gasteiger partial charge on any atom is -0.394 e. The molecule has 6 N–H and O–H groups in total. The van der Waals surface area contributed by atoms with E-state index in [4.69, 9.17) is 9.47 Å². The molecular formula is C36H69NO8. The molecule has 0 aromatic heterocycles. The van der Waals surface area contributed by atoms with Crippen LogP contribution in [0.4, 0.5) is 0 Å². The lowest BCUT2D eigenvalue weighted by molar-refractivity contribution is -0.302. The molecule has 0 aromatic rings. The first-order chi connectivity index (χ1) is 21.8. The van der Waals surface area contributed by atoms with Gasteiger partial charge in [-0.2, -0.15) is 0 Å². The SMILES string of the molecule is CCCCCCC/C=C/CCCC[C@@H](O)[C@H](CO[C@@H]1O[C@H](CO)[C@@H](O)C(O)C1O)NC(=O)CCCCCCCCCCCCC. The predicted molar refractivity (Wildman–Crippen MR) is 180 cm³/mol. The molecule has 1 aliphatic rings. The van der Waals surface area contributed by atoms with Crippen molar-refractivity contribution in [3.63, 3.8) is 0 Å². The lowest BCUT2D eigenvalue weighted by Crippen LogP contribution is -2.60. The van der Waals surface area contributed by atoms with E-state index in [2.05, 4.69) is 31.3 Å². The highest BCUT2D eigenvalue weighted by Gasteiger charge is 2.44. The molecular weight excluding hydrogens is 574 g/mol.